The van der Waals surface area contributed by atoms with Gasteiger partial charge >= 0.3 is 0 Å². The molecule has 3 atom stereocenters. The molecule has 2 aromatic rings. The quantitative estimate of drug-likeness (QED) is 0.929. The molecule has 1 N–H and O–H groups in total. The fraction of sp³-hybridized carbons (Fsp3) is 0.529. The monoisotopic (exact) mass is 270 g/mol. The number of hydrogen-bond acceptors (Lipinski definition) is 3. The summed E-state index contributed by atoms with van der Waals surface area (Å²) in [6.45, 7) is 6.99. The van der Waals surface area contributed by atoms with Crippen LogP contribution in [-0.4, -0.2) is 30.6 Å². The van der Waals surface area contributed by atoms with E-state index in [1.165, 1.54) is 37.0 Å². The minimum atomic E-state index is 0.726. The van der Waals surface area contributed by atoms with E-state index in [1.54, 1.807) is 0 Å². The Hall–Kier alpha value is -1.32. The number of nitrogens with zero attached hydrogens (tertiary/aromatic N) is 1. The van der Waals surface area contributed by atoms with Gasteiger partial charge in [-0.25, -0.2) is 0 Å². The zero-order valence-corrected chi connectivity index (χ0v) is 12.0. The van der Waals surface area contributed by atoms with Gasteiger partial charge in [0.05, 0.1) is 6.26 Å². The van der Waals surface area contributed by atoms with Gasteiger partial charge in [-0.15, -0.1) is 0 Å². The number of benzene rings is 1. The highest BCUT2D eigenvalue weighted by Crippen LogP contribution is 2.36. The Morgan fingerprint density at radius 1 is 1.30 bits per heavy atom. The topological polar surface area (TPSA) is 28.4 Å². The lowest BCUT2D eigenvalue weighted by atomic mass is 9.93. The molecule has 0 saturated carbocycles. The van der Waals surface area contributed by atoms with Crippen LogP contribution in [0.2, 0.25) is 0 Å². The maximum absolute atomic E-state index is 5.68. The highest BCUT2D eigenvalue weighted by molar-refractivity contribution is 5.80. The third-order valence-electron chi connectivity index (χ3n) is 5.18. The van der Waals surface area contributed by atoms with Crippen molar-refractivity contribution in [1.29, 1.82) is 0 Å². The number of furan rings is 1. The molecule has 3 heteroatoms. The van der Waals surface area contributed by atoms with Gasteiger partial charge in [0.25, 0.3) is 0 Å². The summed E-state index contributed by atoms with van der Waals surface area (Å²) in [5.74, 6) is 1.69. The second-order valence-corrected chi connectivity index (χ2v) is 6.24. The largest absolute Gasteiger partial charge is 0.464 e. The number of likely N-dealkylation sites (tertiary alicyclic amines) is 1. The SMILES string of the molecule is CCC1C2CNCC2CN1Cc1coc2ccccc12. The maximum atomic E-state index is 5.68. The van der Waals surface area contributed by atoms with Crippen LogP contribution in [0.3, 0.4) is 0 Å². The third kappa shape index (κ3) is 1.88. The maximum Gasteiger partial charge on any atom is 0.134 e. The normalized spacial score (nSPS) is 30.1. The first-order valence-corrected chi connectivity index (χ1v) is 7.76. The Balaban J connectivity index is 1.59. The second-order valence-electron chi connectivity index (χ2n) is 6.24. The van der Waals surface area contributed by atoms with Crippen molar-refractivity contribution >= 4 is 11.0 Å². The van der Waals surface area contributed by atoms with Crippen molar-refractivity contribution in [1.82, 2.24) is 10.2 Å². The van der Waals surface area contributed by atoms with Crippen LogP contribution in [0.4, 0.5) is 0 Å². The summed E-state index contributed by atoms with van der Waals surface area (Å²) in [6.07, 6.45) is 3.20. The molecule has 0 amide bonds. The van der Waals surface area contributed by atoms with Crippen molar-refractivity contribution < 1.29 is 4.42 Å². The lowest BCUT2D eigenvalue weighted by Gasteiger charge is -2.26. The van der Waals surface area contributed by atoms with E-state index >= 15 is 0 Å². The van der Waals surface area contributed by atoms with E-state index in [-0.39, 0.29) is 0 Å². The van der Waals surface area contributed by atoms with Crippen LogP contribution in [0.1, 0.15) is 18.9 Å². The van der Waals surface area contributed by atoms with Gasteiger partial charge in [-0.05, 0) is 37.4 Å². The Bertz CT molecular complexity index is 606. The number of rotatable bonds is 3. The van der Waals surface area contributed by atoms with Crippen LogP contribution in [0.15, 0.2) is 34.9 Å². The van der Waals surface area contributed by atoms with Crippen LogP contribution in [0.25, 0.3) is 11.0 Å². The van der Waals surface area contributed by atoms with E-state index < -0.39 is 0 Å². The van der Waals surface area contributed by atoms with Crippen LogP contribution in [0, 0.1) is 11.8 Å². The number of hydrogen-bond donors (Lipinski definition) is 1. The smallest absolute Gasteiger partial charge is 0.134 e. The average molecular weight is 270 g/mol. The molecule has 0 radical (unpaired) electrons. The van der Waals surface area contributed by atoms with Gasteiger partial charge in [-0.1, -0.05) is 25.1 Å². The molecular formula is C17H22N2O. The molecular weight excluding hydrogens is 248 g/mol. The summed E-state index contributed by atoms with van der Waals surface area (Å²) in [5, 5.41) is 4.83. The van der Waals surface area contributed by atoms with E-state index in [2.05, 4.69) is 35.3 Å². The number of para-hydroxylation sites is 1. The summed E-state index contributed by atoms with van der Waals surface area (Å²) < 4.78 is 5.68. The minimum Gasteiger partial charge on any atom is -0.464 e. The third-order valence-corrected chi connectivity index (χ3v) is 5.18. The summed E-state index contributed by atoms with van der Waals surface area (Å²) >= 11 is 0. The first-order valence-electron chi connectivity index (χ1n) is 7.76. The standard InChI is InChI=1S/C17H22N2O/c1-2-16-15-8-18-7-12(15)9-19(16)10-13-11-20-17-6-4-3-5-14(13)17/h3-6,11-12,15-16,18H,2,7-10H2,1H3. The van der Waals surface area contributed by atoms with E-state index in [0.29, 0.717) is 0 Å². The molecule has 3 nitrogen and oxygen atoms in total. The number of nitrogens with one attached hydrogen (secondary N) is 1. The summed E-state index contributed by atoms with van der Waals surface area (Å²) in [5.41, 5.74) is 2.35. The Morgan fingerprint density at radius 3 is 3.10 bits per heavy atom. The molecule has 2 fully saturated rings. The first-order chi connectivity index (χ1) is 9.86. The van der Waals surface area contributed by atoms with E-state index in [4.69, 9.17) is 4.42 Å². The van der Waals surface area contributed by atoms with Crippen molar-refractivity contribution in [3.8, 4) is 0 Å². The molecule has 4 rings (SSSR count). The molecule has 20 heavy (non-hydrogen) atoms. The molecule has 0 aliphatic carbocycles. The van der Waals surface area contributed by atoms with Crippen LogP contribution in [-0.2, 0) is 6.54 Å². The molecule has 2 aliphatic heterocycles. The predicted octanol–water partition coefficient (Wildman–Crippen LogP) is 2.86. The van der Waals surface area contributed by atoms with Gasteiger partial charge in [0.1, 0.15) is 5.58 Å². The van der Waals surface area contributed by atoms with Crippen molar-refractivity contribution in [3.63, 3.8) is 0 Å². The molecule has 1 aromatic carbocycles. The average Bonchev–Trinajstić information content (AvgIpc) is 3.14. The van der Waals surface area contributed by atoms with Crippen molar-refractivity contribution in [2.75, 3.05) is 19.6 Å². The molecule has 0 bridgehead atoms. The van der Waals surface area contributed by atoms with Gasteiger partial charge in [0, 0.05) is 30.1 Å². The van der Waals surface area contributed by atoms with E-state index in [0.717, 1.165) is 30.0 Å². The Kier molecular flexibility index (Phi) is 3.04. The fourth-order valence-corrected chi connectivity index (χ4v) is 4.23. The Labute approximate surface area is 119 Å². The lowest BCUT2D eigenvalue weighted by molar-refractivity contribution is 0.210. The van der Waals surface area contributed by atoms with Gasteiger partial charge < -0.3 is 9.73 Å². The molecule has 2 saturated heterocycles. The second kappa shape index (κ2) is 4.90. The van der Waals surface area contributed by atoms with Gasteiger partial charge in [-0.2, -0.15) is 0 Å². The number of fused-ring (bicyclic) bond motifs is 2. The van der Waals surface area contributed by atoms with Gasteiger partial charge in [-0.3, -0.25) is 4.90 Å². The van der Waals surface area contributed by atoms with Crippen LogP contribution in [0.5, 0.6) is 0 Å². The summed E-state index contributed by atoms with van der Waals surface area (Å²) in [7, 11) is 0. The highest BCUT2D eigenvalue weighted by atomic mass is 16.3. The van der Waals surface area contributed by atoms with Crippen molar-refractivity contribution in [3.05, 3.63) is 36.1 Å². The van der Waals surface area contributed by atoms with Crippen LogP contribution >= 0.6 is 0 Å². The Morgan fingerprint density at radius 2 is 2.20 bits per heavy atom. The fourth-order valence-electron chi connectivity index (χ4n) is 4.23. The summed E-state index contributed by atoms with van der Waals surface area (Å²) in [6, 6.07) is 9.09. The van der Waals surface area contributed by atoms with E-state index in [9.17, 15) is 0 Å². The molecule has 2 aliphatic rings. The van der Waals surface area contributed by atoms with Gasteiger partial charge in [0.15, 0.2) is 0 Å². The molecule has 3 unspecified atom stereocenters. The lowest BCUT2D eigenvalue weighted by Crippen LogP contribution is -2.34. The first kappa shape index (κ1) is 12.4. The zero-order valence-electron chi connectivity index (χ0n) is 12.0. The molecule has 1 aromatic heterocycles. The van der Waals surface area contributed by atoms with Gasteiger partial charge in [0.2, 0.25) is 0 Å². The van der Waals surface area contributed by atoms with Crippen molar-refractivity contribution in [2.24, 2.45) is 11.8 Å². The van der Waals surface area contributed by atoms with Crippen LogP contribution < -0.4 is 5.32 Å². The van der Waals surface area contributed by atoms with Crippen molar-refractivity contribution in [2.45, 2.75) is 25.9 Å². The minimum absolute atomic E-state index is 0.726. The predicted molar refractivity (Wildman–Crippen MR) is 80.6 cm³/mol. The molecule has 3 heterocycles. The molecule has 106 valence electrons. The molecule has 0 spiro atoms. The van der Waals surface area contributed by atoms with E-state index in [1.807, 2.05) is 12.3 Å². The highest BCUT2D eigenvalue weighted by Gasteiger charge is 2.43. The summed E-state index contributed by atoms with van der Waals surface area (Å²) in [4.78, 5) is 2.67. The zero-order chi connectivity index (χ0) is 13.5.